The van der Waals surface area contributed by atoms with E-state index < -0.39 is 0 Å². The zero-order valence-corrected chi connectivity index (χ0v) is 10.9. The first kappa shape index (κ1) is 12.0. The largest absolute Gasteiger partial charge is 0.490 e. The summed E-state index contributed by atoms with van der Waals surface area (Å²) < 4.78 is 11.3. The average Bonchev–Trinajstić information content (AvgIpc) is 2.96. The van der Waals surface area contributed by atoms with Crippen LogP contribution in [0.2, 0.25) is 0 Å². The summed E-state index contributed by atoms with van der Waals surface area (Å²) in [6.45, 7) is 4.93. The molecule has 2 aliphatic heterocycles. The van der Waals surface area contributed by atoms with Gasteiger partial charge >= 0.3 is 0 Å². The Morgan fingerprint density at radius 3 is 3.17 bits per heavy atom. The van der Waals surface area contributed by atoms with Crippen molar-refractivity contribution in [3.8, 4) is 5.75 Å². The SMILES string of the molecule is C[C@H]1Cc2cc(CNC[C@H]3CCCO3)ccc2O1. The maximum Gasteiger partial charge on any atom is 0.123 e. The number of rotatable bonds is 4. The normalized spacial score (nSPS) is 26.1. The highest BCUT2D eigenvalue weighted by Crippen LogP contribution is 2.29. The Hall–Kier alpha value is -1.06. The van der Waals surface area contributed by atoms with Crippen LogP contribution >= 0.6 is 0 Å². The van der Waals surface area contributed by atoms with E-state index in [1.165, 1.54) is 24.0 Å². The molecule has 3 heteroatoms. The fourth-order valence-electron chi connectivity index (χ4n) is 2.77. The Kier molecular flexibility index (Phi) is 3.52. The molecule has 1 aromatic rings. The Morgan fingerprint density at radius 1 is 1.39 bits per heavy atom. The van der Waals surface area contributed by atoms with E-state index in [1.807, 2.05) is 0 Å². The van der Waals surface area contributed by atoms with E-state index in [1.54, 1.807) is 0 Å². The zero-order valence-electron chi connectivity index (χ0n) is 10.9. The van der Waals surface area contributed by atoms with Gasteiger partial charge in [-0.2, -0.15) is 0 Å². The molecule has 0 unspecified atom stereocenters. The maximum atomic E-state index is 5.71. The third-order valence-electron chi connectivity index (χ3n) is 3.69. The molecule has 2 heterocycles. The lowest BCUT2D eigenvalue weighted by Gasteiger charge is -2.11. The van der Waals surface area contributed by atoms with Crippen molar-refractivity contribution in [1.82, 2.24) is 5.32 Å². The van der Waals surface area contributed by atoms with Gasteiger partial charge in [-0.15, -0.1) is 0 Å². The molecule has 98 valence electrons. The standard InChI is InChI=1S/C15H21NO2/c1-11-7-13-8-12(4-5-15(13)18-11)9-16-10-14-3-2-6-17-14/h4-5,8,11,14,16H,2-3,6-7,9-10H2,1H3/t11-,14+/m0/s1. The van der Waals surface area contributed by atoms with Crippen LogP contribution in [0.15, 0.2) is 18.2 Å². The highest BCUT2D eigenvalue weighted by atomic mass is 16.5. The van der Waals surface area contributed by atoms with Crippen LogP contribution in [-0.2, 0) is 17.7 Å². The van der Waals surface area contributed by atoms with Crippen molar-refractivity contribution >= 4 is 0 Å². The van der Waals surface area contributed by atoms with Crippen LogP contribution in [0.3, 0.4) is 0 Å². The van der Waals surface area contributed by atoms with E-state index in [9.17, 15) is 0 Å². The summed E-state index contributed by atoms with van der Waals surface area (Å²) in [5.74, 6) is 1.06. The average molecular weight is 247 g/mol. The Balaban J connectivity index is 1.52. The number of nitrogens with one attached hydrogen (secondary N) is 1. The molecule has 0 amide bonds. The van der Waals surface area contributed by atoms with Gasteiger partial charge in [0.25, 0.3) is 0 Å². The highest BCUT2D eigenvalue weighted by Gasteiger charge is 2.19. The van der Waals surface area contributed by atoms with Gasteiger partial charge in [0.1, 0.15) is 11.9 Å². The van der Waals surface area contributed by atoms with Crippen molar-refractivity contribution in [2.75, 3.05) is 13.2 Å². The van der Waals surface area contributed by atoms with Crippen molar-refractivity contribution in [2.24, 2.45) is 0 Å². The predicted molar refractivity (Wildman–Crippen MR) is 70.9 cm³/mol. The van der Waals surface area contributed by atoms with Gasteiger partial charge in [0.15, 0.2) is 0 Å². The minimum Gasteiger partial charge on any atom is -0.490 e. The van der Waals surface area contributed by atoms with E-state index in [0.717, 1.165) is 31.9 Å². The van der Waals surface area contributed by atoms with E-state index in [0.29, 0.717) is 12.2 Å². The quantitative estimate of drug-likeness (QED) is 0.885. The van der Waals surface area contributed by atoms with Gasteiger partial charge in [-0.05, 0) is 37.0 Å². The van der Waals surface area contributed by atoms with E-state index in [4.69, 9.17) is 9.47 Å². The number of ether oxygens (including phenoxy) is 2. The molecule has 0 spiro atoms. The summed E-state index contributed by atoms with van der Waals surface area (Å²) in [7, 11) is 0. The van der Waals surface area contributed by atoms with Crippen LogP contribution in [-0.4, -0.2) is 25.4 Å². The third kappa shape index (κ3) is 2.68. The summed E-state index contributed by atoms with van der Waals surface area (Å²) in [5.41, 5.74) is 2.68. The van der Waals surface area contributed by atoms with E-state index >= 15 is 0 Å². The van der Waals surface area contributed by atoms with Crippen molar-refractivity contribution in [2.45, 2.75) is 44.9 Å². The van der Waals surface area contributed by atoms with Gasteiger partial charge in [0.05, 0.1) is 6.10 Å². The van der Waals surface area contributed by atoms with E-state index in [2.05, 4.69) is 30.4 Å². The Morgan fingerprint density at radius 2 is 2.33 bits per heavy atom. The summed E-state index contributed by atoms with van der Waals surface area (Å²) in [5, 5.41) is 3.48. The van der Waals surface area contributed by atoms with Crippen molar-refractivity contribution in [1.29, 1.82) is 0 Å². The fourth-order valence-corrected chi connectivity index (χ4v) is 2.77. The summed E-state index contributed by atoms with van der Waals surface area (Å²) in [6.07, 6.45) is 4.19. The summed E-state index contributed by atoms with van der Waals surface area (Å²) in [4.78, 5) is 0. The second kappa shape index (κ2) is 5.29. The molecule has 2 atom stereocenters. The van der Waals surface area contributed by atoms with Crippen LogP contribution in [0, 0.1) is 0 Å². The molecule has 18 heavy (non-hydrogen) atoms. The fraction of sp³-hybridized carbons (Fsp3) is 0.600. The van der Waals surface area contributed by atoms with Crippen LogP contribution in [0.1, 0.15) is 30.9 Å². The first-order valence-corrected chi connectivity index (χ1v) is 6.92. The van der Waals surface area contributed by atoms with Crippen LogP contribution in [0.25, 0.3) is 0 Å². The molecule has 1 saturated heterocycles. The van der Waals surface area contributed by atoms with Crippen molar-refractivity contribution in [3.63, 3.8) is 0 Å². The smallest absolute Gasteiger partial charge is 0.123 e. The Labute approximate surface area is 108 Å². The van der Waals surface area contributed by atoms with Gasteiger partial charge in [0, 0.05) is 26.1 Å². The Bertz CT molecular complexity index is 413. The van der Waals surface area contributed by atoms with Gasteiger partial charge in [0.2, 0.25) is 0 Å². The second-order valence-electron chi connectivity index (χ2n) is 5.34. The third-order valence-corrected chi connectivity index (χ3v) is 3.69. The lowest BCUT2D eigenvalue weighted by molar-refractivity contribution is 0.110. The molecular weight excluding hydrogens is 226 g/mol. The minimum atomic E-state index is 0.329. The molecule has 0 aromatic heterocycles. The lowest BCUT2D eigenvalue weighted by Crippen LogP contribution is -2.25. The molecule has 0 saturated carbocycles. The molecule has 0 bridgehead atoms. The molecule has 3 nitrogen and oxygen atoms in total. The van der Waals surface area contributed by atoms with Gasteiger partial charge in [-0.25, -0.2) is 0 Å². The molecule has 3 rings (SSSR count). The number of hydrogen-bond acceptors (Lipinski definition) is 3. The number of hydrogen-bond donors (Lipinski definition) is 1. The van der Waals surface area contributed by atoms with Crippen LogP contribution in [0.5, 0.6) is 5.75 Å². The van der Waals surface area contributed by atoms with Gasteiger partial charge < -0.3 is 14.8 Å². The summed E-state index contributed by atoms with van der Waals surface area (Å²) in [6, 6.07) is 6.52. The predicted octanol–water partition coefficient (Wildman–Crippen LogP) is 2.28. The van der Waals surface area contributed by atoms with Gasteiger partial charge in [-0.1, -0.05) is 12.1 Å². The highest BCUT2D eigenvalue weighted by molar-refractivity contribution is 5.40. The number of fused-ring (bicyclic) bond motifs is 1. The molecule has 1 fully saturated rings. The molecule has 0 aliphatic carbocycles. The molecule has 2 aliphatic rings. The minimum absolute atomic E-state index is 0.329. The molecule has 0 radical (unpaired) electrons. The van der Waals surface area contributed by atoms with Crippen LogP contribution in [0.4, 0.5) is 0 Å². The molecule has 1 aromatic carbocycles. The first-order valence-electron chi connectivity index (χ1n) is 6.92. The first-order chi connectivity index (χ1) is 8.81. The monoisotopic (exact) mass is 247 g/mol. The zero-order chi connectivity index (χ0) is 12.4. The summed E-state index contributed by atoms with van der Waals surface area (Å²) >= 11 is 0. The van der Waals surface area contributed by atoms with E-state index in [-0.39, 0.29) is 0 Å². The van der Waals surface area contributed by atoms with Crippen molar-refractivity contribution < 1.29 is 9.47 Å². The second-order valence-corrected chi connectivity index (χ2v) is 5.34. The topological polar surface area (TPSA) is 30.5 Å². The van der Waals surface area contributed by atoms with Crippen molar-refractivity contribution in [3.05, 3.63) is 29.3 Å². The number of benzene rings is 1. The lowest BCUT2D eigenvalue weighted by atomic mass is 10.1. The maximum absolute atomic E-state index is 5.71. The van der Waals surface area contributed by atoms with Gasteiger partial charge in [-0.3, -0.25) is 0 Å². The van der Waals surface area contributed by atoms with Crippen LogP contribution < -0.4 is 10.1 Å². The molecule has 1 N–H and O–H groups in total. The molecular formula is C15H21NO2.